The number of methoxy groups -OCH3 is 1. The molecule has 1 fully saturated rings. The highest BCUT2D eigenvalue weighted by molar-refractivity contribution is 5.68. The molecule has 0 amide bonds. The van der Waals surface area contributed by atoms with Crippen LogP contribution in [0.5, 0.6) is 0 Å². The Hall–Kier alpha value is -0.570. The van der Waals surface area contributed by atoms with E-state index in [0.29, 0.717) is 18.6 Å². The third-order valence-corrected chi connectivity index (χ3v) is 4.61. The second-order valence-electron chi connectivity index (χ2n) is 6.65. The van der Waals surface area contributed by atoms with E-state index in [1.54, 1.807) is 0 Å². The molecule has 0 radical (unpaired) electrons. The van der Waals surface area contributed by atoms with Gasteiger partial charge in [-0.3, -0.25) is 4.79 Å². The third kappa shape index (κ3) is 10.2. The van der Waals surface area contributed by atoms with Crippen LogP contribution < -0.4 is 0 Å². The fourth-order valence-electron chi connectivity index (χ4n) is 3.10. The molecule has 0 aromatic heterocycles. The van der Waals surface area contributed by atoms with Gasteiger partial charge in [0.15, 0.2) is 0 Å². The summed E-state index contributed by atoms with van der Waals surface area (Å²) in [5.74, 6) is -0.0717. The summed E-state index contributed by atoms with van der Waals surface area (Å²) in [5, 5.41) is 0. The monoisotopic (exact) mass is 312 g/mol. The fourth-order valence-corrected chi connectivity index (χ4v) is 3.10. The maximum Gasteiger partial charge on any atom is 0.305 e. The molecule has 0 unspecified atom stereocenters. The predicted octanol–water partition coefficient (Wildman–Crippen LogP) is 5.41. The van der Waals surface area contributed by atoms with E-state index in [9.17, 15) is 4.79 Å². The van der Waals surface area contributed by atoms with Crippen molar-refractivity contribution < 1.29 is 14.3 Å². The van der Waals surface area contributed by atoms with Crippen molar-refractivity contribution in [2.75, 3.05) is 7.11 Å². The first kappa shape index (κ1) is 19.5. The molecule has 0 saturated carbocycles. The van der Waals surface area contributed by atoms with Crippen molar-refractivity contribution in [2.24, 2.45) is 0 Å². The van der Waals surface area contributed by atoms with Crippen molar-refractivity contribution >= 4 is 5.97 Å². The lowest BCUT2D eigenvalue weighted by atomic mass is 10.0. The molecule has 2 atom stereocenters. The lowest BCUT2D eigenvalue weighted by molar-refractivity contribution is -0.140. The van der Waals surface area contributed by atoms with E-state index < -0.39 is 0 Å². The minimum absolute atomic E-state index is 0.0717. The second kappa shape index (κ2) is 12.9. The molecule has 0 N–H and O–H groups in total. The molecule has 1 aliphatic rings. The van der Waals surface area contributed by atoms with Gasteiger partial charge >= 0.3 is 5.97 Å². The molecule has 3 nitrogen and oxygen atoms in total. The van der Waals surface area contributed by atoms with Crippen LogP contribution in [0.4, 0.5) is 0 Å². The van der Waals surface area contributed by atoms with Crippen LogP contribution in [0, 0.1) is 0 Å². The maximum absolute atomic E-state index is 10.9. The van der Waals surface area contributed by atoms with Crippen molar-refractivity contribution in [3.8, 4) is 0 Å². The van der Waals surface area contributed by atoms with Gasteiger partial charge in [-0.1, -0.05) is 71.1 Å². The van der Waals surface area contributed by atoms with Gasteiger partial charge in [0.25, 0.3) is 0 Å². The van der Waals surface area contributed by atoms with Crippen LogP contribution in [0.1, 0.15) is 96.8 Å². The van der Waals surface area contributed by atoms with E-state index >= 15 is 0 Å². The van der Waals surface area contributed by atoms with Gasteiger partial charge in [0.2, 0.25) is 0 Å². The fraction of sp³-hybridized carbons (Fsp3) is 0.947. The number of esters is 1. The standard InChI is InChI=1S/C19H36O3/c1-3-14-17-18(22-17)15-12-10-8-6-4-5-7-9-11-13-16-19(20)21-2/h17-18H,3-16H2,1-2H3/t17-,18-/m1/s1. The molecular formula is C19H36O3. The maximum atomic E-state index is 10.9. The van der Waals surface area contributed by atoms with E-state index in [4.69, 9.17) is 4.74 Å². The summed E-state index contributed by atoms with van der Waals surface area (Å²) in [5.41, 5.74) is 0. The zero-order valence-corrected chi connectivity index (χ0v) is 14.8. The van der Waals surface area contributed by atoms with Crippen LogP contribution in [0.3, 0.4) is 0 Å². The van der Waals surface area contributed by atoms with Crippen LogP contribution >= 0.6 is 0 Å². The van der Waals surface area contributed by atoms with Crippen LogP contribution in [0.25, 0.3) is 0 Å². The number of rotatable bonds is 15. The molecule has 1 aliphatic heterocycles. The van der Waals surface area contributed by atoms with Gasteiger partial charge in [0.05, 0.1) is 19.3 Å². The van der Waals surface area contributed by atoms with E-state index in [0.717, 1.165) is 12.8 Å². The summed E-state index contributed by atoms with van der Waals surface area (Å²) in [7, 11) is 1.46. The molecule has 3 heteroatoms. The number of hydrogen-bond acceptors (Lipinski definition) is 3. The average Bonchev–Trinajstić information content (AvgIpc) is 3.26. The van der Waals surface area contributed by atoms with E-state index in [-0.39, 0.29) is 5.97 Å². The first-order valence-electron chi connectivity index (χ1n) is 9.50. The number of hydrogen-bond donors (Lipinski definition) is 0. The molecule has 130 valence electrons. The van der Waals surface area contributed by atoms with E-state index in [1.807, 2.05) is 0 Å². The first-order valence-corrected chi connectivity index (χ1v) is 9.50. The molecule has 0 aromatic carbocycles. The summed E-state index contributed by atoms with van der Waals surface area (Å²) in [4.78, 5) is 10.9. The van der Waals surface area contributed by atoms with Crippen molar-refractivity contribution in [1.82, 2.24) is 0 Å². The predicted molar refractivity (Wildman–Crippen MR) is 91.0 cm³/mol. The third-order valence-electron chi connectivity index (χ3n) is 4.61. The van der Waals surface area contributed by atoms with Crippen molar-refractivity contribution in [3.63, 3.8) is 0 Å². The van der Waals surface area contributed by atoms with Gasteiger partial charge < -0.3 is 9.47 Å². The number of carbonyl (C=O) groups excluding carboxylic acids is 1. The minimum atomic E-state index is -0.0717. The van der Waals surface area contributed by atoms with E-state index in [1.165, 1.54) is 77.7 Å². The number of ether oxygens (including phenoxy) is 2. The Morgan fingerprint density at radius 3 is 1.86 bits per heavy atom. The highest BCUT2D eigenvalue weighted by Gasteiger charge is 2.36. The van der Waals surface area contributed by atoms with E-state index in [2.05, 4.69) is 11.7 Å². The number of carbonyl (C=O) groups is 1. The topological polar surface area (TPSA) is 38.8 Å². The van der Waals surface area contributed by atoms with Gasteiger partial charge in [0.1, 0.15) is 0 Å². The average molecular weight is 312 g/mol. The Morgan fingerprint density at radius 2 is 1.32 bits per heavy atom. The van der Waals surface area contributed by atoms with Crippen molar-refractivity contribution in [1.29, 1.82) is 0 Å². The summed E-state index contributed by atoms with van der Waals surface area (Å²) in [6.07, 6.45) is 18.5. The molecule has 0 aliphatic carbocycles. The Kier molecular flexibility index (Phi) is 11.4. The minimum Gasteiger partial charge on any atom is -0.469 e. The zero-order valence-electron chi connectivity index (χ0n) is 14.8. The van der Waals surface area contributed by atoms with Crippen LogP contribution in [-0.2, 0) is 14.3 Å². The normalized spacial score (nSPS) is 20.1. The van der Waals surface area contributed by atoms with Gasteiger partial charge in [0, 0.05) is 6.42 Å². The van der Waals surface area contributed by atoms with Crippen LogP contribution in [-0.4, -0.2) is 25.3 Å². The molecular weight excluding hydrogens is 276 g/mol. The highest BCUT2D eigenvalue weighted by atomic mass is 16.6. The molecule has 0 aromatic rings. The highest BCUT2D eigenvalue weighted by Crippen LogP contribution is 2.30. The largest absolute Gasteiger partial charge is 0.469 e. The Labute approximate surface area is 137 Å². The summed E-state index contributed by atoms with van der Waals surface area (Å²) >= 11 is 0. The summed E-state index contributed by atoms with van der Waals surface area (Å²) in [6, 6.07) is 0. The molecule has 22 heavy (non-hydrogen) atoms. The lowest BCUT2D eigenvalue weighted by Gasteiger charge is -2.02. The number of unbranched alkanes of at least 4 members (excludes halogenated alkanes) is 9. The van der Waals surface area contributed by atoms with Gasteiger partial charge in [-0.25, -0.2) is 0 Å². The Bertz CT molecular complexity index is 278. The zero-order chi connectivity index (χ0) is 16.0. The molecule has 1 saturated heterocycles. The lowest BCUT2D eigenvalue weighted by Crippen LogP contribution is -1.99. The Balaban J connectivity index is 1.69. The summed E-state index contributed by atoms with van der Waals surface area (Å²) in [6.45, 7) is 2.23. The van der Waals surface area contributed by atoms with Crippen LogP contribution in [0.15, 0.2) is 0 Å². The van der Waals surface area contributed by atoms with Crippen LogP contribution in [0.2, 0.25) is 0 Å². The molecule has 0 bridgehead atoms. The van der Waals surface area contributed by atoms with Gasteiger partial charge in [-0.2, -0.15) is 0 Å². The van der Waals surface area contributed by atoms with Crippen molar-refractivity contribution in [3.05, 3.63) is 0 Å². The van der Waals surface area contributed by atoms with Gasteiger partial charge in [-0.15, -0.1) is 0 Å². The second-order valence-corrected chi connectivity index (χ2v) is 6.65. The number of epoxide rings is 1. The Morgan fingerprint density at radius 1 is 0.818 bits per heavy atom. The smallest absolute Gasteiger partial charge is 0.305 e. The van der Waals surface area contributed by atoms with Crippen molar-refractivity contribution in [2.45, 2.75) is 109 Å². The quantitative estimate of drug-likeness (QED) is 0.230. The first-order chi connectivity index (χ1) is 10.8. The molecule has 0 spiro atoms. The molecule has 1 rings (SSSR count). The van der Waals surface area contributed by atoms with Gasteiger partial charge in [-0.05, 0) is 19.3 Å². The molecule has 1 heterocycles. The SMILES string of the molecule is CCC[C@H]1O[C@@H]1CCCCCCCCCCCCC(=O)OC. The summed E-state index contributed by atoms with van der Waals surface area (Å²) < 4.78 is 10.3.